The van der Waals surface area contributed by atoms with Gasteiger partial charge in [0, 0.05) is 15.9 Å². The van der Waals surface area contributed by atoms with Crippen LogP contribution in [0.1, 0.15) is 33.1 Å². The number of aryl methyl sites for hydroxylation is 1. The van der Waals surface area contributed by atoms with E-state index in [9.17, 15) is 4.79 Å². The van der Waals surface area contributed by atoms with E-state index in [2.05, 4.69) is 11.8 Å². The molecule has 0 fully saturated rings. The van der Waals surface area contributed by atoms with E-state index in [0.717, 1.165) is 15.5 Å². The van der Waals surface area contributed by atoms with Crippen LogP contribution in [0.4, 0.5) is 0 Å². The Hall–Kier alpha value is -1.16. The van der Waals surface area contributed by atoms with Crippen molar-refractivity contribution in [1.29, 1.82) is 0 Å². The molecule has 1 atom stereocenters. The fourth-order valence-electron chi connectivity index (χ4n) is 2.02. The van der Waals surface area contributed by atoms with Gasteiger partial charge in [0.1, 0.15) is 0 Å². The molecule has 1 aromatic carbocycles. The first-order valence-electron chi connectivity index (χ1n) is 6.52. The molecule has 2 rings (SSSR count). The summed E-state index contributed by atoms with van der Waals surface area (Å²) in [6, 6.07) is 11.8. The van der Waals surface area contributed by atoms with Crippen LogP contribution in [-0.2, 0) is 0 Å². The first-order valence-corrected chi connectivity index (χ1v) is 7.72. The largest absolute Gasteiger partial charge is 0.292 e. The van der Waals surface area contributed by atoms with Crippen molar-refractivity contribution >= 4 is 28.7 Å². The molecule has 2 aromatic rings. The zero-order valence-electron chi connectivity index (χ0n) is 11.9. The molecule has 0 radical (unpaired) electrons. The number of carbonyl (C=O) groups is 1. The molecule has 0 amide bonds. The molecular formula is C16H18ClNOS. The Morgan fingerprint density at radius 2 is 1.90 bits per heavy atom. The summed E-state index contributed by atoms with van der Waals surface area (Å²) in [4.78, 5) is 16.3. The monoisotopic (exact) mass is 307 g/mol. The molecule has 0 spiro atoms. The lowest BCUT2D eigenvalue weighted by molar-refractivity contribution is 0.0929. The van der Waals surface area contributed by atoms with Gasteiger partial charge in [0.15, 0.2) is 5.78 Å². The van der Waals surface area contributed by atoms with Gasteiger partial charge >= 0.3 is 0 Å². The minimum absolute atomic E-state index is 0.173. The number of rotatable bonds is 5. The van der Waals surface area contributed by atoms with E-state index in [1.54, 1.807) is 11.3 Å². The second-order valence-corrected chi connectivity index (χ2v) is 6.70. The number of nitrogens with zero attached hydrogens (tertiary/aromatic N) is 1. The van der Waals surface area contributed by atoms with Crippen LogP contribution in [-0.4, -0.2) is 24.3 Å². The second-order valence-electron chi connectivity index (χ2n) is 4.98. The predicted octanol–water partition coefficient (Wildman–Crippen LogP) is 4.59. The quantitative estimate of drug-likeness (QED) is 0.753. The number of halogens is 1. The summed E-state index contributed by atoms with van der Waals surface area (Å²) in [6.45, 7) is 4.53. The maximum atomic E-state index is 12.2. The lowest BCUT2D eigenvalue weighted by atomic mass is 10.1. The fraction of sp³-hybridized carbons (Fsp3) is 0.312. The summed E-state index contributed by atoms with van der Waals surface area (Å²) >= 11 is 7.45. The van der Waals surface area contributed by atoms with Gasteiger partial charge in [0.05, 0.1) is 11.4 Å². The number of likely N-dealkylation sites (N-methyl/N-ethyl adjacent to an activating group) is 1. The number of thiophene rings is 1. The molecule has 4 heteroatoms. The standard InChI is InChI=1S/C16H18ClNOS/c1-11-4-9-16(20-11)15(19)10-18(3)12(2)13-5-7-14(17)8-6-13/h4-9,12H,10H2,1-3H3. The fourth-order valence-corrected chi connectivity index (χ4v) is 2.94. The van der Waals surface area contributed by atoms with E-state index in [1.165, 1.54) is 4.88 Å². The highest BCUT2D eigenvalue weighted by atomic mass is 35.5. The van der Waals surface area contributed by atoms with Crippen LogP contribution < -0.4 is 0 Å². The van der Waals surface area contributed by atoms with Gasteiger partial charge in [-0.15, -0.1) is 11.3 Å². The van der Waals surface area contributed by atoms with Gasteiger partial charge in [-0.3, -0.25) is 9.69 Å². The summed E-state index contributed by atoms with van der Waals surface area (Å²) in [7, 11) is 1.97. The molecule has 0 saturated heterocycles. The number of hydrogen-bond acceptors (Lipinski definition) is 3. The number of hydrogen-bond donors (Lipinski definition) is 0. The molecule has 1 unspecified atom stereocenters. The minimum Gasteiger partial charge on any atom is -0.292 e. The third-order valence-electron chi connectivity index (χ3n) is 3.42. The van der Waals surface area contributed by atoms with Gasteiger partial charge in [0.25, 0.3) is 0 Å². The Labute approximate surface area is 129 Å². The molecule has 0 aliphatic carbocycles. The molecule has 0 aliphatic rings. The minimum atomic E-state index is 0.173. The van der Waals surface area contributed by atoms with E-state index in [4.69, 9.17) is 11.6 Å². The molecule has 0 N–H and O–H groups in total. The highest BCUT2D eigenvalue weighted by Gasteiger charge is 2.16. The van der Waals surface area contributed by atoms with E-state index in [-0.39, 0.29) is 11.8 Å². The number of Topliss-reactive ketones (excluding diaryl/α,β-unsaturated/α-hetero) is 1. The summed E-state index contributed by atoms with van der Waals surface area (Å²) in [5.41, 5.74) is 1.16. The maximum absolute atomic E-state index is 12.2. The number of carbonyl (C=O) groups excluding carboxylic acids is 1. The summed E-state index contributed by atoms with van der Waals surface area (Å²) < 4.78 is 0. The van der Waals surface area contributed by atoms with Crippen molar-refractivity contribution in [3.63, 3.8) is 0 Å². The van der Waals surface area contributed by atoms with Gasteiger partial charge in [-0.2, -0.15) is 0 Å². The smallest absolute Gasteiger partial charge is 0.186 e. The van der Waals surface area contributed by atoms with Crippen molar-refractivity contribution in [3.8, 4) is 0 Å². The number of ketones is 1. The summed E-state index contributed by atoms with van der Waals surface area (Å²) in [5.74, 6) is 0.173. The highest BCUT2D eigenvalue weighted by molar-refractivity contribution is 7.14. The molecule has 0 aliphatic heterocycles. The Morgan fingerprint density at radius 1 is 1.25 bits per heavy atom. The van der Waals surface area contributed by atoms with Gasteiger partial charge in [-0.05, 0) is 50.7 Å². The van der Waals surface area contributed by atoms with E-state index < -0.39 is 0 Å². The first-order chi connectivity index (χ1) is 9.47. The Morgan fingerprint density at radius 3 is 2.45 bits per heavy atom. The average Bonchev–Trinajstić information content (AvgIpc) is 2.85. The normalized spacial score (nSPS) is 12.7. The van der Waals surface area contributed by atoms with Crippen LogP contribution in [0.5, 0.6) is 0 Å². The lowest BCUT2D eigenvalue weighted by Crippen LogP contribution is -2.28. The van der Waals surface area contributed by atoms with E-state index >= 15 is 0 Å². The molecule has 2 nitrogen and oxygen atoms in total. The maximum Gasteiger partial charge on any atom is 0.186 e. The first kappa shape index (κ1) is 15.2. The van der Waals surface area contributed by atoms with Crippen molar-refractivity contribution < 1.29 is 4.79 Å². The van der Waals surface area contributed by atoms with Crippen LogP contribution in [0, 0.1) is 6.92 Å². The van der Waals surface area contributed by atoms with Crippen LogP contribution in [0.15, 0.2) is 36.4 Å². The molecule has 106 valence electrons. The van der Waals surface area contributed by atoms with Gasteiger partial charge in [-0.1, -0.05) is 23.7 Å². The molecule has 1 heterocycles. The third kappa shape index (κ3) is 3.69. The van der Waals surface area contributed by atoms with Crippen LogP contribution in [0.3, 0.4) is 0 Å². The SMILES string of the molecule is Cc1ccc(C(=O)CN(C)C(C)c2ccc(Cl)cc2)s1. The highest BCUT2D eigenvalue weighted by Crippen LogP contribution is 2.22. The molecule has 0 saturated carbocycles. The topological polar surface area (TPSA) is 20.3 Å². The predicted molar refractivity (Wildman–Crippen MR) is 85.9 cm³/mol. The Bertz CT molecular complexity index is 591. The Balaban J connectivity index is 2.02. The van der Waals surface area contributed by atoms with Crippen molar-refractivity contribution in [2.45, 2.75) is 19.9 Å². The van der Waals surface area contributed by atoms with Crippen LogP contribution >= 0.6 is 22.9 Å². The van der Waals surface area contributed by atoms with E-state index in [0.29, 0.717) is 6.54 Å². The van der Waals surface area contributed by atoms with Gasteiger partial charge in [0.2, 0.25) is 0 Å². The summed E-state index contributed by atoms with van der Waals surface area (Å²) in [5, 5.41) is 0.730. The zero-order chi connectivity index (χ0) is 14.7. The van der Waals surface area contributed by atoms with Crippen molar-refractivity contribution in [1.82, 2.24) is 4.90 Å². The number of benzene rings is 1. The Kier molecular flexibility index (Phi) is 4.97. The third-order valence-corrected chi connectivity index (χ3v) is 4.72. The van der Waals surface area contributed by atoms with Gasteiger partial charge < -0.3 is 0 Å². The van der Waals surface area contributed by atoms with Crippen LogP contribution in [0.2, 0.25) is 5.02 Å². The lowest BCUT2D eigenvalue weighted by Gasteiger charge is -2.24. The molecule has 20 heavy (non-hydrogen) atoms. The van der Waals surface area contributed by atoms with Crippen molar-refractivity contribution in [2.75, 3.05) is 13.6 Å². The van der Waals surface area contributed by atoms with Crippen molar-refractivity contribution in [2.24, 2.45) is 0 Å². The zero-order valence-corrected chi connectivity index (χ0v) is 13.5. The van der Waals surface area contributed by atoms with Gasteiger partial charge in [-0.25, -0.2) is 0 Å². The molecule has 0 bridgehead atoms. The molecular weight excluding hydrogens is 290 g/mol. The van der Waals surface area contributed by atoms with E-state index in [1.807, 2.05) is 50.4 Å². The summed E-state index contributed by atoms with van der Waals surface area (Å²) in [6.07, 6.45) is 0. The van der Waals surface area contributed by atoms with Crippen molar-refractivity contribution in [3.05, 3.63) is 56.7 Å². The average molecular weight is 308 g/mol. The van der Waals surface area contributed by atoms with Crippen LogP contribution in [0.25, 0.3) is 0 Å². The second kappa shape index (κ2) is 6.53. The molecule has 1 aromatic heterocycles.